The predicted octanol–water partition coefficient (Wildman–Crippen LogP) is -9.60. The molecule has 318 valence electrons. The lowest BCUT2D eigenvalue weighted by Crippen LogP contribution is -2.67. The van der Waals surface area contributed by atoms with Crippen molar-refractivity contribution in [2.45, 2.75) is 123 Å². The molecule has 20 atom stereocenters. The number of ether oxygens (including phenoxy) is 7. The second-order valence-electron chi connectivity index (χ2n) is 12.3. The third-order valence-electron chi connectivity index (χ3n) is 8.71. The van der Waals surface area contributed by atoms with E-state index in [-0.39, 0.29) is 0 Å². The fourth-order valence-corrected chi connectivity index (χ4v) is 6.52. The van der Waals surface area contributed by atoms with E-state index in [4.69, 9.17) is 37.7 Å². The molecule has 0 aliphatic carbocycles. The molecule has 0 radical (unpaired) electrons. The van der Waals surface area contributed by atoms with Crippen molar-refractivity contribution in [3.8, 4) is 0 Å². The first-order chi connectivity index (χ1) is 25.1. The molecule has 4 fully saturated rings. The molecule has 0 bridgehead atoms. The summed E-state index contributed by atoms with van der Waals surface area (Å²) >= 11 is 0. The van der Waals surface area contributed by atoms with Gasteiger partial charge in [-0.1, -0.05) is 0 Å². The van der Waals surface area contributed by atoms with E-state index in [9.17, 15) is 82.8 Å². The van der Waals surface area contributed by atoms with Crippen LogP contribution in [0.25, 0.3) is 0 Å². The largest absolute Gasteiger partial charge is 0.397 e. The summed E-state index contributed by atoms with van der Waals surface area (Å²) < 4.78 is 109. The second-order valence-corrected chi connectivity index (χ2v) is 14.5. The topological polar surface area (TPSA) is 444 Å². The van der Waals surface area contributed by atoms with Gasteiger partial charge in [-0.15, -0.1) is 0 Å². The molecule has 4 aliphatic rings. The second kappa shape index (κ2) is 18.7. The van der Waals surface area contributed by atoms with Crippen LogP contribution >= 0.6 is 0 Å². The first kappa shape index (κ1) is 45.6. The minimum absolute atomic E-state index is 0.897. The standard InChI is InChI=1S/C24H42O28S2/c25-1-5-10(28)18(15(33)21(35)45-5)50-22-14(32)13(31)17(8(48-22)4-44-54(40,41)42)49-23-16(34)19(11(29)6(2-26)46-23)51-24-20(52-36)12(30)9(27)7(47-24)3-43-53(37,38)39/h5-36H,1-4H2,(H,37,38,39)(H,40,41,42)/t5-,6-,7+,8+,9-,10+,11+,12-,13+,14+,15-,16-,17-,18+,19+,20+,21+,22+,23+,24-/m1/s1. The molecular formula is C24H42O28S2. The van der Waals surface area contributed by atoms with E-state index in [1.807, 2.05) is 0 Å². The van der Waals surface area contributed by atoms with Crippen molar-refractivity contribution >= 4 is 20.8 Å². The Morgan fingerprint density at radius 3 is 1.41 bits per heavy atom. The first-order valence-electron chi connectivity index (χ1n) is 15.6. The zero-order valence-electron chi connectivity index (χ0n) is 27.2. The summed E-state index contributed by atoms with van der Waals surface area (Å²) in [6.07, 6.45) is -40.9. The van der Waals surface area contributed by atoms with Crippen molar-refractivity contribution in [1.29, 1.82) is 0 Å². The predicted molar refractivity (Wildman–Crippen MR) is 156 cm³/mol. The highest BCUT2D eigenvalue weighted by Crippen LogP contribution is 2.35. The zero-order valence-corrected chi connectivity index (χ0v) is 28.8. The van der Waals surface area contributed by atoms with Gasteiger partial charge in [-0.2, -0.15) is 16.8 Å². The van der Waals surface area contributed by atoms with Crippen LogP contribution in [-0.4, -0.2) is 237 Å². The van der Waals surface area contributed by atoms with E-state index < -0.39 is 170 Å². The van der Waals surface area contributed by atoms with Gasteiger partial charge in [-0.3, -0.25) is 14.4 Å². The van der Waals surface area contributed by atoms with Gasteiger partial charge >= 0.3 is 20.8 Å². The number of aliphatic hydroxyl groups is 11. The van der Waals surface area contributed by atoms with Crippen LogP contribution in [0.5, 0.6) is 0 Å². The van der Waals surface area contributed by atoms with Crippen LogP contribution in [0.3, 0.4) is 0 Å². The lowest BCUT2D eigenvalue weighted by molar-refractivity contribution is -0.412. The summed E-state index contributed by atoms with van der Waals surface area (Å²) in [6, 6.07) is 0. The van der Waals surface area contributed by atoms with E-state index in [0.717, 1.165) is 0 Å². The van der Waals surface area contributed by atoms with Crippen LogP contribution in [0.2, 0.25) is 0 Å². The Morgan fingerprint density at radius 1 is 0.444 bits per heavy atom. The molecule has 4 rings (SSSR count). The minimum atomic E-state index is -5.27. The summed E-state index contributed by atoms with van der Waals surface area (Å²) in [5, 5.41) is 124. The highest BCUT2D eigenvalue weighted by Gasteiger charge is 2.56. The average Bonchev–Trinajstić information content (AvgIpc) is 3.09. The number of aliphatic hydroxyl groups excluding tert-OH is 11. The van der Waals surface area contributed by atoms with Gasteiger partial charge in [0.25, 0.3) is 0 Å². The summed E-state index contributed by atoms with van der Waals surface area (Å²) in [7, 11) is -10.4. The van der Waals surface area contributed by atoms with E-state index in [1.165, 1.54) is 0 Å². The van der Waals surface area contributed by atoms with Crippen LogP contribution in [0.1, 0.15) is 0 Å². The minimum Gasteiger partial charge on any atom is -0.394 e. The summed E-state index contributed by atoms with van der Waals surface area (Å²) in [6.45, 7) is -4.39. The lowest BCUT2D eigenvalue weighted by Gasteiger charge is -2.49. The molecule has 4 aliphatic heterocycles. The van der Waals surface area contributed by atoms with Gasteiger partial charge in [0.2, 0.25) is 0 Å². The number of hydrogen-bond donors (Lipinski definition) is 14. The molecule has 0 saturated carbocycles. The summed E-state index contributed by atoms with van der Waals surface area (Å²) in [5.74, 6) is 0. The molecule has 4 saturated heterocycles. The van der Waals surface area contributed by atoms with Crippen molar-refractivity contribution in [3.63, 3.8) is 0 Å². The van der Waals surface area contributed by atoms with Crippen molar-refractivity contribution in [2.24, 2.45) is 0 Å². The maximum absolute atomic E-state index is 11.4. The van der Waals surface area contributed by atoms with Crippen molar-refractivity contribution in [2.75, 3.05) is 26.4 Å². The summed E-state index contributed by atoms with van der Waals surface area (Å²) in [5.41, 5.74) is 0. The molecule has 0 unspecified atom stereocenters. The smallest absolute Gasteiger partial charge is 0.394 e. The van der Waals surface area contributed by atoms with Crippen molar-refractivity contribution < 1.29 is 134 Å². The summed E-state index contributed by atoms with van der Waals surface area (Å²) in [4.78, 5) is 4.10. The average molecular weight is 843 g/mol. The van der Waals surface area contributed by atoms with Crippen molar-refractivity contribution in [1.82, 2.24) is 0 Å². The van der Waals surface area contributed by atoms with Gasteiger partial charge < -0.3 is 89.3 Å². The molecule has 28 nitrogen and oxygen atoms in total. The fourth-order valence-electron chi connectivity index (χ4n) is 5.91. The van der Waals surface area contributed by atoms with Crippen LogP contribution < -0.4 is 0 Å². The Kier molecular flexibility index (Phi) is 15.8. The van der Waals surface area contributed by atoms with E-state index in [2.05, 4.69) is 13.3 Å². The molecule has 4 heterocycles. The lowest BCUT2D eigenvalue weighted by atomic mass is 9.95. The third-order valence-corrected chi connectivity index (χ3v) is 9.57. The van der Waals surface area contributed by atoms with Gasteiger partial charge in [-0.05, 0) is 0 Å². The molecule has 0 amide bonds. The Bertz CT molecular complexity index is 1410. The Labute approximate surface area is 303 Å². The van der Waals surface area contributed by atoms with Gasteiger partial charge in [0.1, 0.15) is 91.6 Å². The van der Waals surface area contributed by atoms with Crippen molar-refractivity contribution in [3.05, 3.63) is 0 Å². The van der Waals surface area contributed by atoms with Gasteiger partial charge in [0.15, 0.2) is 31.3 Å². The normalized spacial score (nSPS) is 46.7. The fraction of sp³-hybridized carbons (Fsp3) is 1.00. The monoisotopic (exact) mass is 842 g/mol. The first-order valence-corrected chi connectivity index (χ1v) is 18.3. The van der Waals surface area contributed by atoms with E-state index >= 15 is 0 Å². The molecule has 14 N–H and O–H groups in total. The maximum Gasteiger partial charge on any atom is 0.397 e. The molecule has 30 heteroatoms. The number of hydrogen-bond acceptors (Lipinski definition) is 26. The molecule has 0 aromatic carbocycles. The van der Waals surface area contributed by atoms with Gasteiger partial charge in [0, 0.05) is 0 Å². The zero-order chi connectivity index (χ0) is 40.4. The Morgan fingerprint density at radius 2 is 0.870 bits per heavy atom. The quantitative estimate of drug-likeness (QED) is 0.0413. The van der Waals surface area contributed by atoms with E-state index in [1.54, 1.807) is 0 Å². The highest BCUT2D eigenvalue weighted by atomic mass is 32.3. The van der Waals surface area contributed by atoms with Crippen LogP contribution in [0, 0.1) is 0 Å². The molecule has 0 aromatic heterocycles. The van der Waals surface area contributed by atoms with Gasteiger partial charge in [0.05, 0.1) is 26.4 Å². The molecule has 0 aromatic rings. The van der Waals surface area contributed by atoms with Crippen LogP contribution in [-0.2, 0) is 67.2 Å². The molecule has 0 spiro atoms. The number of rotatable bonds is 15. The molecule has 54 heavy (non-hydrogen) atoms. The maximum atomic E-state index is 11.4. The Balaban J connectivity index is 1.57. The van der Waals surface area contributed by atoms with Crippen LogP contribution in [0.4, 0.5) is 0 Å². The highest BCUT2D eigenvalue weighted by molar-refractivity contribution is 7.81. The Hall–Kier alpha value is -1.06. The van der Waals surface area contributed by atoms with Crippen LogP contribution in [0.15, 0.2) is 0 Å². The third kappa shape index (κ3) is 10.7. The van der Waals surface area contributed by atoms with Gasteiger partial charge in [-0.25, -0.2) is 13.3 Å². The van der Waals surface area contributed by atoms with E-state index in [0.29, 0.717) is 0 Å². The molecular weight excluding hydrogens is 800 g/mol. The SMILES string of the molecule is O=S(=O)(O)OC[C@@H]1O[C@H](O[C@H]2[C@@H](O)[C@@H](CO)O[C@@H](O[C@H]3[C@@H](O)[C@H](O)[C@H](O[C@@H]4[C@@H](O)[C@@H](O)O[C@H](CO)[C@@H]4O)O[C@H]3COS(=O)(=O)O)[C@@H]2O)[C@@H](OO)[C@H](O)[C@@H]1O.